The molecule has 3 aromatic rings. The van der Waals surface area contributed by atoms with E-state index in [4.69, 9.17) is 0 Å². The smallest absolute Gasteiger partial charge is 0.258 e. The molecular weight excluding hydrogens is 348 g/mol. The van der Waals surface area contributed by atoms with Gasteiger partial charge in [-0.1, -0.05) is 49.7 Å². The summed E-state index contributed by atoms with van der Waals surface area (Å²) >= 11 is 0. The van der Waals surface area contributed by atoms with Crippen molar-refractivity contribution in [1.29, 1.82) is 0 Å². The molecule has 3 rings (SSSR count). The molecule has 0 aliphatic heterocycles. The van der Waals surface area contributed by atoms with Gasteiger partial charge in [0.2, 0.25) is 5.95 Å². The highest BCUT2D eigenvalue weighted by atomic mass is 16.1. The predicted octanol–water partition coefficient (Wildman–Crippen LogP) is 5.52. The first-order valence-corrected chi connectivity index (χ1v) is 9.42. The molecule has 2 aromatic carbocycles. The van der Waals surface area contributed by atoms with Gasteiger partial charge in [-0.15, -0.1) is 0 Å². The van der Waals surface area contributed by atoms with Crippen LogP contribution in [-0.4, -0.2) is 15.9 Å². The van der Waals surface area contributed by atoms with Gasteiger partial charge in [0.25, 0.3) is 5.91 Å². The molecule has 0 bridgehead atoms. The fourth-order valence-corrected chi connectivity index (χ4v) is 3.11. The minimum atomic E-state index is -0.214. The van der Waals surface area contributed by atoms with Gasteiger partial charge in [-0.05, 0) is 49.4 Å². The largest absolute Gasteiger partial charge is 0.324 e. The molecule has 0 unspecified atom stereocenters. The zero-order valence-corrected chi connectivity index (χ0v) is 17.0. The summed E-state index contributed by atoms with van der Waals surface area (Å²) in [6.07, 6.45) is 3.09. The summed E-state index contributed by atoms with van der Waals surface area (Å²) in [5.74, 6) is 0.562. The van der Waals surface area contributed by atoms with E-state index in [1.807, 2.05) is 44.2 Å². The SMILES string of the molecule is Cc1ccc(Nc2ncc(C(=O)Nc3c(C)cccc3C(C)C)cn2)c(C)c1. The maximum atomic E-state index is 12.7. The molecule has 0 aliphatic carbocycles. The number of aromatic nitrogens is 2. The molecule has 0 atom stereocenters. The molecular formula is C23H26N4O. The van der Waals surface area contributed by atoms with Crippen molar-refractivity contribution in [3.05, 3.63) is 76.6 Å². The fraction of sp³-hybridized carbons (Fsp3) is 0.261. The summed E-state index contributed by atoms with van der Waals surface area (Å²) in [6, 6.07) is 12.2. The number of nitrogens with one attached hydrogen (secondary N) is 2. The molecule has 0 saturated heterocycles. The first kappa shape index (κ1) is 19.5. The third kappa shape index (κ3) is 4.36. The standard InChI is InChI=1S/C23H26N4O/c1-14(2)19-8-6-7-16(4)21(19)27-22(28)18-12-24-23(25-13-18)26-20-10-9-15(3)11-17(20)5/h6-14H,1-5H3,(H,27,28)(H,24,25,26). The topological polar surface area (TPSA) is 66.9 Å². The number of benzene rings is 2. The van der Waals surface area contributed by atoms with Gasteiger partial charge in [0.05, 0.1) is 5.56 Å². The Labute approximate surface area is 166 Å². The van der Waals surface area contributed by atoms with Gasteiger partial charge in [-0.25, -0.2) is 9.97 Å². The number of amides is 1. The second kappa shape index (κ2) is 8.21. The third-order valence-corrected chi connectivity index (χ3v) is 4.71. The summed E-state index contributed by atoms with van der Waals surface area (Å²) in [4.78, 5) is 21.3. The Morgan fingerprint density at radius 1 is 0.964 bits per heavy atom. The summed E-state index contributed by atoms with van der Waals surface area (Å²) in [5, 5.41) is 6.22. The van der Waals surface area contributed by atoms with Gasteiger partial charge in [0, 0.05) is 23.8 Å². The van der Waals surface area contributed by atoms with Crippen molar-refractivity contribution in [3.63, 3.8) is 0 Å². The molecule has 1 aromatic heterocycles. The van der Waals surface area contributed by atoms with Crippen LogP contribution < -0.4 is 10.6 Å². The molecule has 28 heavy (non-hydrogen) atoms. The zero-order chi connectivity index (χ0) is 20.3. The number of nitrogens with zero attached hydrogens (tertiary/aromatic N) is 2. The second-order valence-corrected chi connectivity index (χ2v) is 7.39. The first-order valence-electron chi connectivity index (χ1n) is 9.42. The van der Waals surface area contributed by atoms with Crippen LogP contribution in [0.15, 0.2) is 48.8 Å². The quantitative estimate of drug-likeness (QED) is 0.617. The van der Waals surface area contributed by atoms with Gasteiger partial charge in [0.15, 0.2) is 0 Å². The lowest BCUT2D eigenvalue weighted by Crippen LogP contribution is -2.15. The highest BCUT2D eigenvalue weighted by Crippen LogP contribution is 2.28. The van der Waals surface area contributed by atoms with Crippen LogP contribution in [0.5, 0.6) is 0 Å². The number of carbonyl (C=O) groups excluding carboxylic acids is 1. The van der Waals surface area contributed by atoms with Crippen LogP contribution in [0.25, 0.3) is 0 Å². The Morgan fingerprint density at radius 2 is 1.68 bits per heavy atom. The van der Waals surface area contributed by atoms with E-state index in [0.717, 1.165) is 28.1 Å². The molecule has 0 radical (unpaired) electrons. The lowest BCUT2D eigenvalue weighted by Gasteiger charge is -2.16. The summed E-state index contributed by atoms with van der Waals surface area (Å²) in [7, 11) is 0. The predicted molar refractivity (Wildman–Crippen MR) is 114 cm³/mol. The van der Waals surface area contributed by atoms with Crippen molar-refractivity contribution < 1.29 is 4.79 Å². The maximum absolute atomic E-state index is 12.7. The van der Waals surface area contributed by atoms with E-state index in [1.54, 1.807) is 12.4 Å². The average Bonchev–Trinajstić information content (AvgIpc) is 2.66. The van der Waals surface area contributed by atoms with Crippen molar-refractivity contribution >= 4 is 23.2 Å². The lowest BCUT2D eigenvalue weighted by molar-refractivity contribution is 0.102. The zero-order valence-electron chi connectivity index (χ0n) is 17.0. The van der Waals surface area contributed by atoms with Crippen LogP contribution in [0.4, 0.5) is 17.3 Å². The molecule has 0 spiro atoms. The minimum Gasteiger partial charge on any atom is -0.324 e. The molecule has 1 amide bonds. The molecule has 0 aliphatic rings. The Morgan fingerprint density at radius 3 is 2.32 bits per heavy atom. The van der Waals surface area contributed by atoms with E-state index in [-0.39, 0.29) is 5.91 Å². The number of rotatable bonds is 5. The highest BCUT2D eigenvalue weighted by molar-refractivity contribution is 6.04. The number of para-hydroxylation sites is 1. The van der Waals surface area contributed by atoms with Gasteiger partial charge in [-0.2, -0.15) is 0 Å². The Kier molecular flexibility index (Phi) is 5.73. The highest BCUT2D eigenvalue weighted by Gasteiger charge is 2.14. The van der Waals surface area contributed by atoms with E-state index >= 15 is 0 Å². The molecule has 2 N–H and O–H groups in total. The summed E-state index contributed by atoms with van der Waals surface area (Å²) in [5.41, 5.74) is 6.70. The monoisotopic (exact) mass is 374 g/mol. The molecule has 1 heterocycles. The van der Waals surface area contributed by atoms with Crippen LogP contribution in [-0.2, 0) is 0 Å². The molecule has 5 nitrogen and oxygen atoms in total. The summed E-state index contributed by atoms with van der Waals surface area (Å²) in [6.45, 7) is 10.3. The second-order valence-electron chi connectivity index (χ2n) is 7.39. The third-order valence-electron chi connectivity index (χ3n) is 4.71. The van der Waals surface area contributed by atoms with Gasteiger partial charge in [0.1, 0.15) is 0 Å². The van der Waals surface area contributed by atoms with E-state index in [9.17, 15) is 4.79 Å². The molecule has 144 valence electrons. The van der Waals surface area contributed by atoms with Crippen molar-refractivity contribution in [2.75, 3.05) is 10.6 Å². The van der Waals surface area contributed by atoms with Crippen molar-refractivity contribution in [1.82, 2.24) is 9.97 Å². The van der Waals surface area contributed by atoms with E-state index in [0.29, 0.717) is 17.4 Å². The number of aryl methyl sites for hydroxylation is 3. The Hall–Kier alpha value is -3.21. The van der Waals surface area contributed by atoms with E-state index in [2.05, 4.69) is 47.4 Å². The summed E-state index contributed by atoms with van der Waals surface area (Å²) < 4.78 is 0. The van der Waals surface area contributed by atoms with Crippen LogP contribution in [0.3, 0.4) is 0 Å². The maximum Gasteiger partial charge on any atom is 0.258 e. The molecule has 5 heteroatoms. The number of hydrogen-bond acceptors (Lipinski definition) is 4. The first-order chi connectivity index (χ1) is 13.3. The van der Waals surface area contributed by atoms with Crippen molar-refractivity contribution in [2.45, 2.75) is 40.5 Å². The molecule has 0 saturated carbocycles. The molecule has 0 fully saturated rings. The van der Waals surface area contributed by atoms with E-state index < -0.39 is 0 Å². The van der Waals surface area contributed by atoms with Gasteiger partial charge in [-0.3, -0.25) is 4.79 Å². The minimum absolute atomic E-state index is 0.214. The van der Waals surface area contributed by atoms with Crippen LogP contribution in [0, 0.1) is 20.8 Å². The number of anilines is 3. The average molecular weight is 374 g/mol. The Balaban J connectivity index is 1.76. The lowest BCUT2D eigenvalue weighted by atomic mass is 9.98. The fourth-order valence-electron chi connectivity index (χ4n) is 3.11. The Bertz CT molecular complexity index is 994. The normalized spacial score (nSPS) is 10.8. The van der Waals surface area contributed by atoms with E-state index in [1.165, 1.54) is 5.56 Å². The number of hydrogen-bond donors (Lipinski definition) is 2. The number of carbonyl (C=O) groups is 1. The van der Waals surface area contributed by atoms with Crippen LogP contribution >= 0.6 is 0 Å². The van der Waals surface area contributed by atoms with Gasteiger partial charge >= 0.3 is 0 Å². The van der Waals surface area contributed by atoms with Gasteiger partial charge < -0.3 is 10.6 Å². The van der Waals surface area contributed by atoms with Crippen LogP contribution in [0.1, 0.15) is 52.4 Å². The van der Waals surface area contributed by atoms with Crippen molar-refractivity contribution in [3.8, 4) is 0 Å². The van der Waals surface area contributed by atoms with Crippen molar-refractivity contribution in [2.24, 2.45) is 0 Å². The van der Waals surface area contributed by atoms with Crippen LogP contribution in [0.2, 0.25) is 0 Å².